The van der Waals surface area contributed by atoms with Crippen LogP contribution in [0.4, 0.5) is 4.39 Å². The molecule has 5 heteroatoms. The van der Waals surface area contributed by atoms with Gasteiger partial charge in [-0.15, -0.1) is 0 Å². The van der Waals surface area contributed by atoms with Gasteiger partial charge in [-0.2, -0.15) is 5.10 Å². The van der Waals surface area contributed by atoms with Crippen LogP contribution in [0.25, 0.3) is 16.5 Å². The predicted molar refractivity (Wildman–Crippen MR) is 119 cm³/mol. The number of H-pyrrole nitrogens is 1. The van der Waals surface area contributed by atoms with Crippen LogP contribution in [0.15, 0.2) is 42.1 Å². The molecule has 2 aromatic rings. The van der Waals surface area contributed by atoms with Gasteiger partial charge in [-0.25, -0.2) is 4.39 Å². The summed E-state index contributed by atoms with van der Waals surface area (Å²) in [6.07, 6.45) is 10.5. The van der Waals surface area contributed by atoms with Crippen LogP contribution in [-0.2, 0) is 0 Å². The lowest BCUT2D eigenvalue weighted by molar-refractivity contribution is -0.0359. The number of allylic oxidation sites excluding steroid dienone is 3. The number of alkyl halides is 1. The number of benzene rings is 1. The maximum absolute atomic E-state index is 16.0. The molecule has 5 unspecified atom stereocenters. The Morgan fingerprint density at radius 2 is 2.06 bits per heavy atom. The molecule has 1 aromatic carbocycles. The molecule has 0 aliphatic heterocycles. The normalized spacial score (nSPS) is 42.3. The molecule has 0 bridgehead atoms. The Bertz CT molecular complexity index is 1110. The number of fused-ring (bicyclic) bond motifs is 5. The van der Waals surface area contributed by atoms with E-state index in [0.29, 0.717) is 19.3 Å². The molecule has 4 aliphatic carbocycles. The van der Waals surface area contributed by atoms with Crippen molar-refractivity contribution in [3.05, 3.63) is 47.7 Å². The van der Waals surface area contributed by atoms with Crippen LogP contribution < -0.4 is 0 Å². The van der Waals surface area contributed by atoms with Crippen molar-refractivity contribution in [3.8, 4) is 0 Å². The average molecular weight is 423 g/mol. The van der Waals surface area contributed by atoms with E-state index in [1.54, 1.807) is 0 Å². The first-order valence-electron chi connectivity index (χ1n) is 11.7. The van der Waals surface area contributed by atoms with Gasteiger partial charge in [0.25, 0.3) is 0 Å². The molecule has 6 rings (SSSR count). The molecular weight excluding hydrogens is 391 g/mol. The lowest BCUT2D eigenvalue weighted by Crippen LogP contribution is -2.49. The van der Waals surface area contributed by atoms with Crippen LogP contribution in [0, 0.1) is 17.3 Å². The maximum Gasteiger partial charge on any atom is 0.120 e. The van der Waals surface area contributed by atoms with Crippen LogP contribution in [-0.4, -0.2) is 37.8 Å². The van der Waals surface area contributed by atoms with Gasteiger partial charge in [-0.1, -0.05) is 31.2 Å². The summed E-state index contributed by atoms with van der Waals surface area (Å²) in [5.41, 5.74) is 1.83. The predicted octanol–water partition coefficient (Wildman–Crippen LogP) is 5.09. The number of nitrogens with zero attached hydrogens (tertiary/aromatic N) is 1. The van der Waals surface area contributed by atoms with Crippen LogP contribution in [0.2, 0.25) is 0 Å². The summed E-state index contributed by atoms with van der Waals surface area (Å²) in [6.45, 7) is 2.27. The average Bonchev–Trinajstić information content (AvgIpc) is 3.31. The Hall–Kier alpha value is -1.98. The quantitative estimate of drug-likeness (QED) is 0.561. The van der Waals surface area contributed by atoms with Crippen molar-refractivity contribution in [2.24, 2.45) is 17.3 Å². The Morgan fingerprint density at radius 3 is 2.94 bits per heavy atom. The molecule has 4 nitrogen and oxygen atoms in total. The zero-order valence-electron chi connectivity index (χ0n) is 18.1. The van der Waals surface area contributed by atoms with Gasteiger partial charge in [-0.05, 0) is 67.2 Å². The number of halogens is 1. The number of aromatic nitrogens is 2. The second-order valence-electron chi connectivity index (χ2n) is 10.7. The second-order valence-corrected chi connectivity index (χ2v) is 10.7. The molecule has 1 heterocycles. The van der Waals surface area contributed by atoms with Crippen molar-refractivity contribution >= 4 is 16.5 Å². The van der Waals surface area contributed by atoms with Crippen LogP contribution >= 0.6 is 0 Å². The fourth-order valence-electron chi connectivity index (χ4n) is 7.38. The van der Waals surface area contributed by atoms with E-state index in [1.165, 1.54) is 11.1 Å². The fraction of sp³-hybridized carbons (Fsp3) is 0.577. The molecule has 1 aromatic heterocycles. The SMILES string of the molecule is CC12CC=C3CC4(F)CC(O)CCC4CC[C@]3(O)C1CC=C2c1ccc2cn[nH]c2c1. The summed E-state index contributed by atoms with van der Waals surface area (Å²) in [5, 5.41) is 30.5. The first-order valence-corrected chi connectivity index (χ1v) is 11.7. The highest BCUT2D eigenvalue weighted by atomic mass is 19.1. The van der Waals surface area contributed by atoms with Crippen molar-refractivity contribution in [1.29, 1.82) is 0 Å². The molecule has 2 saturated carbocycles. The molecular formula is C26H31FN2O2. The van der Waals surface area contributed by atoms with Gasteiger partial charge in [0, 0.05) is 29.6 Å². The van der Waals surface area contributed by atoms with Crippen LogP contribution in [0.5, 0.6) is 0 Å². The molecule has 2 fully saturated rings. The fourth-order valence-corrected chi connectivity index (χ4v) is 7.38. The van der Waals surface area contributed by atoms with E-state index in [2.05, 4.69) is 47.5 Å². The zero-order valence-corrected chi connectivity index (χ0v) is 18.1. The summed E-state index contributed by atoms with van der Waals surface area (Å²) in [7, 11) is 0. The summed E-state index contributed by atoms with van der Waals surface area (Å²) in [5.74, 6) is -0.00422. The smallest absolute Gasteiger partial charge is 0.120 e. The standard InChI is InChI=1S/C26H31FN2O2/c1-24-10-8-19-13-25(27)14-20(30)5-4-18(25)9-11-26(19,31)23(24)7-6-21(24)16-2-3-17-15-28-29-22(17)12-16/h2-3,6,8,12,15,18,20,23,30-31H,4-5,7,9-11,13-14H2,1H3,(H,28,29)/t18?,20?,23?,24?,25?,26-/m1/s1. The highest BCUT2D eigenvalue weighted by molar-refractivity contribution is 5.84. The zero-order chi connectivity index (χ0) is 21.4. The first kappa shape index (κ1) is 19.7. The number of aliphatic hydroxyl groups excluding tert-OH is 1. The largest absolute Gasteiger partial charge is 0.393 e. The summed E-state index contributed by atoms with van der Waals surface area (Å²) >= 11 is 0. The molecule has 31 heavy (non-hydrogen) atoms. The van der Waals surface area contributed by atoms with E-state index in [1.807, 2.05) is 6.20 Å². The molecule has 0 radical (unpaired) electrons. The van der Waals surface area contributed by atoms with Crippen molar-refractivity contribution in [3.63, 3.8) is 0 Å². The third kappa shape index (κ3) is 2.75. The molecule has 164 valence electrons. The van der Waals surface area contributed by atoms with Crippen molar-refractivity contribution in [1.82, 2.24) is 10.2 Å². The van der Waals surface area contributed by atoms with Gasteiger partial charge < -0.3 is 10.2 Å². The Balaban J connectivity index is 1.37. The van der Waals surface area contributed by atoms with E-state index in [0.717, 1.165) is 35.7 Å². The second kappa shape index (κ2) is 6.52. The number of hydrogen-bond acceptors (Lipinski definition) is 3. The van der Waals surface area contributed by atoms with E-state index >= 15 is 4.39 Å². The highest BCUT2D eigenvalue weighted by Crippen LogP contribution is 2.63. The Labute approximate surface area is 182 Å². The molecule has 0 amide bonds. The van der Waals surface area contributed by atoms with Gasteiger partial charge in [-0.3, -0.25) is 5.10 Å². The molecule has 3 N–H and O–H groups in total. The van der Waals surface area contributed by atoms with Gasteiger partial charge in [0.1, 0.15) is 5.67 Å². The van der Waals surface area contributed by atoms with Gasteiger partial charge in [0.2, 0.25) is 0 Å². The summed E-state index contributed by atoms with van der Waals surface area (Å²) in [6, 6.07) is 6.41. The summed E-state index contributed by atoms with van der Waals surface area (Å²) < 4.78 is 16.0. The monoisotopic (exact) mass is 422 g/mol. The third-order valence-corrected chi connectivity index (χ3v) is 9.11. The lowest BCUT2D eigenvalue weighted by atomic mass is 9.58. The van der Waals surface area contributed by atoms with Gasteiger partial charge in [0.05, 0.1) is 23.4 Å². The number of rotatable bonds is 1. The molecule has 4 aliphatic rings. The minimum Gasteiger partial charge on any atom is -0.393 e. The molecule has 0 spiro atoms. The summed E-state index contributed by atoms with van der Waals surface area (Å²) in [4.78, 5) is 0. The number of hydrogen-bond donors (Lipinski definition) is 3. The Kier molecular flexibility index (Phi) is 4.14. The van der Waals surface area contributed by atoms with Crippen molar-refractivity contribution in [2.45, 2.75) is 75.7 Å². The van der Waals surface area contributed by atoms with E-state index in [4.69, 9.17) is 0 Å². The van der Waals surface area contributed by atoms with Gasteiger partial charge >= 0.3 is 0 Å². The van der Waals surface area contributed by atoms with Crippen LogP contribution in [0.1, 0.15) is 63.9 Å². The maximum atomic E-state index is 16.0. The Morgan fingerprint density at radius 1 is 1.19 bits per heavy atom. The minimum absolute atomic E-state index is 0.0566. The van der Waals surface area contributed by atoms with Crippen molar-refractivity contribution in [2.75, 3.05) is 0 Å². The first-order chi connectivity index (χ1) is 14.8. The number of nitrogens with one attached hydrogen (secondary N) is 1. The van der Waals surface area contributed by atoms with E-state index in [-0.39, 0.29) is 30.1 Å². The third-order valence-electron chi connectivity index (χ3n) is 9.11. The van der Waals surface area contributed by atoms with Gasteiger partial charge in [0.15, 0.2) is 0 Å². The molecule has 0 saturated heterocycles. The van der Waals surface area contributed by atoms with Crippen LogP contribution in [0.3, 0.4) is 0 Å². The van der Waals surface area contributed by atoms with E-state index < -0.39 is 17.4 Å². The van der Waals surface area contributed by atoms with E-state index in [9.17, 15) is 10.2 Å². The topological polar surface area (TPSA) is 69.1 Å². The number of aromatic amines is 1. The lowest BCUT2D eigenvalue weighted by Gasteiger charge is -2.49. The minimum atomic E-state index is -1.39. The van der Waals surface area contributed by atoms with Crippen molar-refractivity contribution < 1.29 is 14.6 Å². The number of aliphatic hydroxyl groups is 2. The molecule has 6 atom stereocenters. The highest BCUT2D eigenvalue weighted by Gasteiger charge is 2.59.